The molecule has 2 aliphatic heterocycles. The molecule has 0 saturated carbocycles. The molecule has 1 aromatic carbocycles. The van der Waals surface area contributed by atoms with E-state index in [1.807, 2.05) is 0 Å². The van der Waals surface area contributed by atoms with Crippen LogP contribution in [0.15, 0.2) is 29.2 Å². The highest BCUT2D eigenvalue weighted by molar-refractivity contribution is 7.89. The Labute approximate surface area is 179 Å². The summed E-state index contributed by atoms with van der Waals surface area (Å²) in [4.78, 5) is 40.3. The lowest BCUT2D eigenvalue weighted by molar-refractivity contribution is -0.132. The van der Waals surface area contributed by atoms with E-state index in [4.69, 9.17) is 0 Å². The van der Waals surface area contributed by atoms with Crippen LogP contribution in [-0.2, 0) is 14.8 Å². The van der Waals surface area contributed by atoms with Crippen LogP contribution in [0.3, 0.4) is 0 Å². The zero-order chi connectivity index (χ0) is 22.3. The van der Waals surface area contributed by atoms with Crippen molar-refractivity contribution in [2.75, 3.05) is 32.7 Å². The molecule has 0 unspecified atom stereocenters. The van der Waals surface area contributed by atoms with Gasteiger partial charge in [-0.05, 0) is 26.0 Å². The molecule has 10 nitrogen and oxygen atoms in total. The number of carbonyl (C=O) groups is 3. The lowest BCUT2D eigenvalue weighted by Crippen LogP contribution is -2.51. The van der Waals surface area contributed by atoms with Crippen LogP contribution in [0, 0.1) is 13.8 Å². The van der Waals surface area contributed by atoms with Crippen molar-refractivity contribution in [3.8, 4) is 0 Å². The minimum atomic E-state index is -3.70. The third-order valence-corrected chi connectivity index (χ3v) is 7.84. The molecule has 3 amide bonds. The van der Waals surface area contributed by atoms with Crippen molar-refractivity contribution in [3.05, 3.63) is 46.8 Å². The standard InChI is InChI=1S/C20H23N5O5S/c1-13-18(14(2)22-21-13)31(29,30)24-11-9-23(10-12-24)17(26)7-8-25-19(27)15-5-3-4-6-16(15)20(25)28/h3-6H,7-12H2,1-2H3,(H,21,22). The number of piperazine rings is 1. The van der Waals surface area contributed by atoms with E-state index in [9.17, 15) is 22.8 Å². The first kappa shape index (κ1) is 21.2. The Kier molecular flexibility index (Phi) is 5.40. The largest absolute Gasteiger partial charge is 0.340 e. The van der Waals surface area contributed by atoms with E-state index >= 15 is 0 Å². The average Bonchev–Trinajstić information content (AvgIpc) is 3.23. The maximum absolute atomic E-state index is 12.9. The number of hydrogen-bond acceptors (Lipinski definition) is 6. The summed E-state index contributed by atoms with van der Waals surface area (Å²) in [5, 5.41) is 6.64. The van der Waals surface area contributed by atoms with E-state index in [0.717, 1.165) is 4.90 Å². The van der Waals surface area contributed by atoms with Crippen molar-refractivity contribution >= 4 is 27.7 Å². The fourth-order valence-electron chi connectivity index (χ4n) is 4.04. The van der Waals surface area contributed by atoms with Crippen molar-refractivity contribution in [2.24, 2.45) is 0 Å². The predicted molar refractivity (Wildman–Crippen MR) is 110 cm³/mol. The van der Waals surface area contributed by atoms with Gasteiger partial charge in [0.1, 0.15) is 4.90 Å². The second-order valence-electron chi connectivity index (χ2n) is 7.61. The maximum Gasteiger partial charge on any atom is 0.261 e. The van der Waals surface area contributed by atoms with Gasteiger partial charge >= 0.3 is 0 Å². The highest BCUT2D eigenvalue weighted by Crippen LogP contribution is 2.24. The summed E-state index contributed by atoms with van der Waals surface area (Å²) in [6, 6.07) is 6.58. The van der Waals surface area contributed by atoms with Crippen LogP contribution in [0.25, 0.3) is 0 Å². The number of rotatable bonds is 5. The number of hydrogen-bond donors (Lipinski definition) is 1. The average molecular weight is 446 g/mol. The molecule has 3 heterocycles. The molecule has 0 radical (unpaired) electrons. The molecule has 0 atom stereocenters. The van der Waals surface area contributed by atoms with E-state index in [1.165, 1.54) is 4.31 Å². The molecular weight excluding hydrogens is 422 g/mol. The summed E-state index contributed by atoms with van der Waals surface area (Å²) in [5.41, 5.74) is 1.60. The number of aryl methyl sites for hydroxylation is 2. The molecular formula is C20H23N5O5S. The fourth-order valence-corrected chi connectivity index (χ4v) is 5.79. The van der Waals surface area contributed by atoms with Crippen LogP contribution >= 0.6 is 0 Å². The van der Waals surface area contributed by atoms with E-state index < -0.39 is 21.8 Å². The zero-order valence-corrected chi connectivity index (χ0v) is 18.1. The molecule has 1 saturated heterocycles. The molecule has 11 heteroatoms. The second-order valence-corrected chi connectivity index (χ2v) is 9.48. The van der Waals surface area contributed by atoms with Gasteiger partial charge in [0.15, 0.2) is 0 Å². The highest BCUT2D eigenvalue weighted by atomic mass is 32.2. The van der Waals surface area contributed by atoms with Crippen molar-refractivity contribution in [1.82, 2.24) is 24.3 Å². The summed E-state index contributed by atoms with van der Waals surface area (Å²) < 4.78 is 27.2. The van der Waals surface area contributed by atoms with Crippen LogP contribution in [0.1, 0.15) is 38.5 Å². The van der Waals surface area contributed by atoms with Crippen LogP contribution < -0.4 is 0 Å². The highest BCUT2D eigenvalue weighted by Gasteiger charge is 2.36. The minimum Gasteiger partial charge on any atom is -0.340 e. The summed E-state index contributed by atoms with van der Waals surface area (Å²) >= 11 is 0. The third-order valence-electron chi connectivity index (χ3n) is 5.68. The Morgan fingerprint density at radius 1 is 1.03 bits per heavy atom. The summed E-state index contributed by atoms with van der Waals surface area (Å²) in [6.45, 7) is 4.13. The molecule has 4 rings (SSSR count). The molecule has 2 aliphatic rings. The van der Waals surface area contributed by atoms with E-state index in [0.29, 0.717) is 22.5 Å². The molecule has 1 aromatic heterocycles. The number of aromatic nitrogens is 2. The van der Waals surface area contributed by atoms with Crippen molar-refractivity contribution in [1.29, 1.82) is 0 Å². The van der Waals surface area contributed by atoms with Gasteiger partial charge in [-0.25, -0.2) is 8.42 Å². The number of fused-ring (bicyclic) bond motifs is 1. The Balaban J connectivity index is 1.34. The van der Waals surface area contributed by atoms with Crippen LogP contribution in [-0.4, -0.2) is 83.2 Å². The number of nitrogens with zero attached hydrogens (tertiary/aromatic N) is 4. The SMILES string of the molecule is Cc1n[nH]c(C)c1S(=O)(=O)N1CCN(C(=O)CCN2C(=O)c3ccccc3C2=O)CC1. The first-order chi connectivity index (χ1) is 14.7. The van der Waals surface area contributed by atoms with Gasteiger partial charge in [-0.2, -0.15) is 9.40 Å². The maximum atomic E-state index is 12.9. The normalized spacial score (nSPS) is 17.4. The van der Waals surface area contributed by atoms with Gasteiger partial charge in [0.2, 0.25) is 15.9 Å². The Morgan fingerprint density at radius 2 is 1.61 bits per heavy atom. The summed E-state index contributed by atoms with van der Waals surface area (Å²) in [7, 11) is -3.70. The quantitative estimate of drug-likeness (QED) is 0.670. The molecule has 0 spiro atoms. The van der Waals surface area contributed by atoms with Gasteiger partial charge in [0, 0.05) is 39.1 Å². The van der Waals surface area contributed by atoms with Crippen molar-refractivity contribution in [3.63, 3.8) is 0 Å². The van der Waals surface area contributed by atoms with Crippen molar-refractivity contribution in [2.45, 2.75) is 25.2 Å². The number of amides is 3. The summed E-state index contributed by atoms with van der Waals surface area (Å²) in [5.74, 6) is -1.00. The van der Waals surface area contributed by atoms with Crippen LogP contribution in [0.4, 0.5) is 0 Å². The number of nitrogens with one attached hydrogen (secondary N) is 1. The molecule has 2 aromatic rings. The molecule has 0 aliphatic carbocycles. The van der Waals surface area contributed by atoms with Crippen molar-refractivity contribution < 1.29 is 22.8 Å². The number of imide groups is 1. The third kappa shape index (κ3) is 3.63. The predicted octanol–water partition coefficient (Wildman–Crippen LogP) is 0.546. The molecule has 31 heavy (non-hydrogen) atoms. The van der Waals surface area contributed by atoms with Crippen LogP contribution in [0.2, 0.25) is 0 Å². The molecule has 0 bridgehead atoms. The monoisotopic (exact) mass is 445 g/mol. The Morgan fingerprint density at radius 3 is 2.13 bits per heavy atom. The zero-order valence-electron chi connectivity index (χ0n) is 17.3. The smallest absolute Gasteiger partial charge is 0.261 e. The number of benzene rings is 1. The fraction of sp³-hybridized carbons (Fsp3) is 0.400. The molecule has 164 valence electrons. The van der Waals surface area contributed by atoms with Gasteiger partial charge in [0.25, 0.3) is 11.8 Å². The second kappa shape index (κ2) is 7.89. The van der Waals surface area contributed by atoms with E-state index in [2.05, 4.69) is 10.2 Å². The number of aromatic amines is 1. The van der Waals surface area contributed by atoms with Gasteiger partial charge in [-0.3, -0.25) is 24.4 Å². The van der Waals surface area contributed by atoms with Gasteiger partial charge < -0.3 is 4.90 Å². The first-order valence-corrected chi connectivity index (χ1v) is 11.4. The number of carbonyl (C=O) groups excluding carboxylic acids is 3. The van der Waals surface area contributed by atoms with Gasteiger partial charge in [-0.1, -0.05) is 12.1 Å². The number of H-pyrrole nitrogens is 1. The molecule has 1 N–H and O–H groups in total. The lowest BCUT2D eigenvalue weighted by Gasteiger charge is -2.34. The van der Waals surface area contributed by atoms with Crippen LogP contribution in [0.5, 0.6) is 0 Å². The van der Waals surface area contributed by atoms with E-state index in [1.54, 1.807) is 43.0 Å². The lowest BCUT2D eigenvalue weighted by atomic mass is 10.1. The Bertz CT molecular complexity index is 1110. The van der Waals surface area contributed by atoms with Gasteiger partial charge in [0.05, 0.1) is 22.5 Å². The van der Waals surface area contributed by atoms with Gasteiger partial charge in [-0.15, -0.1) is 0 Å². The minimum absolute atomic E-state index is 0.00182. The molecule has 1 fully saturated rings. The summed E-state index contributed by atoms with van der Waals surface area (Å²) in [6.07, 6.45) is -0.00182. The van der Waals surface area contributed by atoms with E-state index in [-0.39, 0.29) is 49.9 Å². The topological polar surface area (TPSA) is 124 Å². The first-order valence-electron chi connectivity index (χ1n) is 9.96. The number of sulfonamides is 1. The Hall–Kier alpha value is -3.05.